The van der Waals surface area contributed by atoms with E-state index in [4.69, 9.17) is 4.42 Å². The summed E-state index contributed by atoms with van der Waals surface area (Å²) in [6.45, 7) is 2.64. The quantitative estimate of drug-likeness (QED) is 0.843. The summed E-state index contributed by atoms with van der Waals surface area (Å²) in [5.41, 5.74) is 1.67. The number of rotatable bonds is 4. The molecule has 4 heteroatoms. The number of nitrogens with zero attached hydrogens (tertiary/aromatic N) is 1. The van der Waals surface area contributed by atoms with Crippen molar-refractivity contribution in [2.75, 3.05) is 6.54 Å². The molecule has 2 aromatic rings. The van der Waals surface area contributed by atoms with E-state index in [1.165, 1.54) is 18.4 Å². The van der Waals surface area contributed by atoms with E-state index in [1.54, 1.807) is 0 Å². The number of likely N-dealkylation sites (tertiary alicyclic amines) is 1. The Hall–Kier alpha value is -2.36. The molecule has 2 fully saturated rings. The molecule has 1 aromatic heterocycles. The smallest absolute Gasteiger partial charge is 0.349 e. The summed E-state index contributed by atoms with van der Waals surface area (Å²) in [7, 11) is 0. The van der Waals surface area contributed by atoms with Crippen molar-refractivity contribution in [1.29, 1.82) is 0 Å². The Morgan fingerprint density at radius 1 is 1.19 bits per heavy atom. The zero-order chi connectivity index (χ0) is 18.1. The van der Waals surface area contributed by atoms with E-state index in [-0.39, 0.29) is 11.5 Å². The molecule has 0 unspecified atom stereocenters. The largest absolute Gasteiger partial charge is 0.427 e. The molecule has 0 radical (unpaired) electrons. The number of fused-ring (bicyclic) bond motifs is 2. The third-order valence-electron chi connectivity index (χ3n) is 5.83. The summed E-state index contributed by atoms with van der Waals surface area (Å²) in [6.07, 6.45) is 6.00. The summed E-state index contributed by atoms with van der Waals surface area (Å²) < 4.78 is 5.50. The highest BCUT2D eigenvalue weighted by Gasteiger charge is 2.39. The molecule has 2 heterocycles. The van der Waals surface area contributed by atoms with Gasteiger partial charge >= 0.3 is 5.63 Å². The van der Waals surface area contributed by atoms with Gasteiger partial charge in [0.15, 0.2) is 0 Å². The van der Waals surface area contributed by atoms with Gasteiger partial charge in [0, 0.05) is 19.0 Å². The lowest BCUT2D eigenvalue weighted by atomic mass is 9.90. The highest BCUT2D eigenvalue weighted by atomic mass is 16.4. The minimum atomic E-state index is -0.487. The second-order valence-corrected chi connectivity index (χ2v) is 7.69. The second kappa shape index (κ2) is 7.10. The first-order valence-electron chi connectivity index (χ1n) is 9.60. The summed E-state index contributed by atoms with van der Waals surface area (Å²) in [6, 6.07) is 12.3. The van der Waals surface area contributed by atoms with Crippen molar-refractivity contribution in [3.05, 3.63) is 69.3 Å². The van der Waals surface area contributed by atoms with Crippen molar-refractivity contribution < 1.29 is 9.21 Å². The SMILES string of the molecule is Cc1cc(CCc2ccccc2)oc(=O)c1C(=O)N1C[C@@H]2CCC[C@H]1C2. The van der Waals surface area contributed by atoms with Gasteiger partial charge in [-0.1, -0.05) is 36.8 Å². The van der Waals surface area contributed by atoms with Crippen molar-refractivity contribution in [2.45, 2.75) is 51.5 Å². The van der Waals surface area contributed by atoms with Gasteiger partial charge in [-0.3, -0.25) is 4.79 Å². The lowest BCUT2D eigenvalue weighted by molar-refractivity contribution is 0.0727. The third kappa shape index (κ3) is 3.33. The molecular formula is C22H25NO3. The van der Waals surface area contributed by atoms with Crippen LogP contribution >= 0.6 is 0 Å². The number of benzene rings is 1. The summed E-state index contributed by atoms with van der Waals surface area (Å²) in [4.78, 5) is 27.5. The van der Waals surface area contributed by atoms with Crippen LogP contribution in [0.2, 0.25) is 0 Å². The lowest BCUT2D eigenvalue weighted by Crippen LogP contribution is -2.38. The zero-order valence-corrected chi connectivity index (χ0v) is 15.2. The minimum Gasteiger partial charge on any atom is -0.427 e. The number of carbonyl (C=O) groups excluding carboxylic acids is 1. The van der Waals surface area contributed by atoms with E-state index in [1.807, 2.05) is 36.1 Å². The fourth-order valence-corrected chi connectivity index (χ4v) is 4.50. The molecule has 1 aliphatic carbocycles. The number of carbonyl (C=O) groups is 1. The molecule has 4 nitrogen and oxygen atoms in total. The second-order valence-electron chi connectivity index (χ2n) is 7.69. The monoisotopic (exact) mass is 351 g/mol. The van der Waals surface area contributed by atoms with Gasteiger partial charge in [-0.05, 0) is 55.7 Å². The average molecular weight is 351 g/mol. The average Bonchev–Trinajstić information content (AvgIpc) is 2.94. The van der Waals surface area contributed by atoms with Gasteiger partial charge in [-0.25, -0.2) is 4.79 Å². The van der Waals surface area contributed by atoms with Gasteiger partial charge in [0.25, 0.3) is 5.91 Å². The maximum absolute atomic E-state index is 13.0. The van der Waals surface area contributed by atoms with E-state index >= 15 is 0 Å². The standard InChI is InChI=1S/C22H25NO3/c1-15-12-19(11-10-16-6-3-2-4-7-16)26-22(25)20(15)21(24)23-14-17-8-5-9-18(23)13-17/h2-4,6-7,12,17-18H,5,8-11,13-14H2,1H3/t17-,18+/m1/s1. The lowest BCUT2D eigenvalue weighted by Gasteiger charge is -2.24. The topological polar surface area (TPSA) is 50.5 Å². The van der Waals surface area contributed by atoms with Crippen LogP contribution in [0, 0.1) is 12.8 Å². The first-order chi connectivity index (χ1) is 12.6. The van der Waals surface area contributed by atoms with Gasteiger partial charge in [0.05, 0.1) is 0 Å². The molecular weight excluding hydrogens is 326 g/mol. The van der Waals surface area contributed by atoms with E-state index in [0.717, 1.165) is 31.4 Å². The first kappa shape index (κ1) is 17.1. The molecule has 1 saturated heterocycles. The van der Waals surface area contributed by atoms with E-state index < -0.39 is 5.63 Å². The molecule has 2 aliphatic rings. The summed E-state index contributed by atoms with van der Waals surface area (Å²) in [5, 5.41) is 0. The third-order valence-corrected chi connectivity index (χ3v) is 5.83. The Bertz CT molecular complexity index is 855. The number of amides is 1. The summed E-state index contributed by atoms with van der Waals surface area (Å²) in [5.74, 6) is 1.11. The number of hydrogen-bond acceptors (Lipinski definition) is 3. The van der Waals surface area contributed by atoms with Gasteiger partial charge in [0.2, 0.25) is 0 Å². The maximum atomic E-state index is 13.0. The van der Waals surface area contributed by atoms with E-state index in [2.05, 4.69) is 12.1 Å². The molecule has 1 aromatic carbocycles. The van der Waals surface area contributed by atoms with Crippen LogP contribution in [-0.4, -0.2) is 23.4 Å². The summed E-state index contributed by atoms with van der Waals surface area (Å²) >= 11 is 0. The van der Waals surface area contributed by atoms with Gasteiger partial charge < -0.3 is 9.32 Å². The Balaban J connectivity index is 1.52. The van der Waals surface area contributed by atoms with Crippen LogP contribution < -0.4 is 5.63 Å². The van der Waals surface area contributed by atoms with Crippen LogP contribution in [0.4, 0.5) is 0 Å². The molecule has 1 saturated carbocycles. The Morgan fingerprint density at radius 2 is 2.00 bits per heavy atom. The fraction of sp³-hybridized carbons (Fsp3) is 0.455. The van der Waals surface area contributed by atoms with Gasteiger partial charge in [-0.2, -0.15) is 0 Å². The van der Waals surface area contributed by atoms with Crippen molar-refractivity contribution in [3.8, 4) is 0 Å². The predicted octanol–water partition coefficient (Wildman–Crippen LogP) is 3.75. The Labute approximate surface area is 153 Å². The Kier molecular flexibility index (Phi) is 4.66. The van der Waals surface area contributed by atoms with Crippen LogP contribution in [0.25, 0.3) is 0 Å². The molecule has 0 spiro atoms. The van der Waals surface area contributed by atoms with E-state index in [9.17, 15) is 9.59 Å². The Morgan fingerprint density at radius 3 is 2.73 bits per heavy atom. The number of aryl methyl sites for hydroxylation is 3. The van der Waals surface area contributed by atoms with E-state index in [0.29, 0.717) is 24.1 Å². The van der Waals surface area contributed by atoms with Crippen molar-refractivity contribution in [3.63, 3.8) is 0 Å². The molecule has 26 heavy (non-hydrogen) atoms. The van der Waals surface area contributed by atoms with Crippen LogP contribution in [0.1, 0.15) is 52.9 Å². The molecule has 4 rings (SSSR count). The van der Waals surface area contributed by atoms with Gasteiger partial charge in [0.1, 0.15) is 11.3 Å². The zero-order valence-electron chi connectivity index (χ0n) is 15.2. The maximum Gasteiger partial charge on any atom is 0.349 e. The molecule has 136 valence electrons. The van der Waals surface area contributed by atoms with Crippen molar-refractivity contribution in [2.24, 2.45) is 5.92 Å². The van der Waals surface area contributed by atoms with Crippen LogP contribution in [-0.2, 0) is 12.8 Å². The van der Waals surface area contributed by atoms with Gasteiger partial charge in [-0.15, -0.1) is 0 Å². The van der Waals surface area contributed by atoms with Crippen LogP contribution in [0.3, 0.4) is 0 Å². The van der Waals surface area contributed by atoms with Crippen LogP contribution in [0.5, 0.6) is 0 Å². The minimum absolute atomic E-state index is 0.139. The molecule has 2 atom stereocenters. The highest BCUT2D eigenvalue weighted by Crippen LogP contribution is 2.36. The van der Waals surface area contributed by atoms with Crippen molar-refractivity contribution >= 4 is 5.91 Å². The number of hydrogen-bond donors (Lipinski definition) is 0. The van der Waals surface area contributed by atoms with Crippen molar-refractivity contribution in [1.82, 2.24) is 4.90 Å². The molecule has 1 aliphatic heterocycles. The highest BCUT2D eigenvalue weighted by molar-refractivity contribution is 5.95. The predicted molar refractivity (Wildman–Crippen MR) is 100 cm³/mol. The molecule has 2 bridgehead atoms. The normalized spacial score (nSPS) is 21.8. The van der Waals surface area contributed by atoms with Crippen LogP contribution in [0.15, 0.2) is 45.6 Å². The first-order valence-corrected chi connectivity index (χ1v) is 9.60. The molecule has 0 N–H and O–H groups in total. The molecule has 1 amide bonds. The fourth-order valence-electron chi connectivity index (χ4n) is 4.50.